The highest BCUT2D eigenvalue weighted by atomic mass is 32.2. The molecule has 1 N–H and O–H groups in total. The molecule has 2 aromatic heterocycles. The van der Waals surface area contributed by atoms with Gasteiger partial charge in [-0.2, -0.15) is 0 Å². The molecule has 0 amide bonds. The lowest BCUT2D eigenvalue weighted by atomic mass is 10.1. The van der Waals surface area contributed by atoms with E-state index in [0.29, 0.717) is 17.5 Å². The molecule has 0 saturated carbocycles. The summed E-state index contributed by atoms with van der Waals surface area (Å²) in [5.74, 6) is 0.242. The number of nitrogens with zero attached hydrogens (tertiary/aromatic N) is 2. The Hall–Kier alpha value is -2.74. The summed E-state index contributed by atoms with van der Waals surface area (Å²) in [6.07, 6.45) is 0.732. The average Bonchev–Trinajstić information content (AvgIpc) is 3.28. The average molecular weight is 373 g/mol. The fourth-order valence-electron chi connectivity index (χ4n) is 2.47. The molecule has 0 fully saturated rings. The van der Waals surface area contributed by atoms with Gasteiger partial charge in [-0.15, -0.1) is 5.10 Å². The zero-order valence-electron chi connectivity index (χ0n) is 14.5. The fourth-order valence-corrected chi connectivity index (χ4v) is 3.43. The molecule has 1 unspecified atom stereocenters. The van der Waals surface area contributed by atoms with Crippen molar-refractivity contribution in [1.82, 2.24) is 14.8 Å². The normalized spacial score (nSPS) is 12.1. The van der Waals surface area contributed by atoms with E-state index in [1.807, 2.05) is 37.3 Å². The molecule has 1 atom stereocenters. The van der Waals surface area contributed by atoms with E-state index < -0.39 is 5.97 Å². The summed E-state index contributed by atoms with van der Waals surface area (Å²) >= 11 is 1.39. The number of rotatable bonds is 7. The second-order valence-electron chi connectivity index (χ2n) is 5.65. The molecule has 7 nitrogen and oxygen atoms in total. The van der Waals surface area contributed by atoms with Crippen molar-refractivity contribution < 1.29 is 13.9 Å². The zero-order chi connectivity index (χ0) is 18.5. The Morgan fingerprint density at radius 2 is 2.08 bits per heavy atom. The Morgan fingerprint density at radius 1 is 1.31 bits per heavy atom. The van der Waals surface area contributed by atoms with Crippen molar-refractivity contribution in [2.24, 2.45) is 0 Å². The summed E-state index contributed by atoms with van der Waals surface area (Å²) in [7, 11) is 1.30. The van der Waals surface area contributed by atoms with Gasteiger partial charge in [-0.3, -0.25) is 4.57 Å². The molecule has 3 rings (SSSR count). The molecule has 1 aromatic carbocycles. The lowest BCUT2D eigenvalue weighted by Gasteiger charge is -2.09. The Labute approximate surface area is 154 Å². The van der Waals surface area contributed by atoms with E-state index in [2.05, 4.69) is 14.9 Å². The highest BCUT2D eigenvalue weighted by molar-refractivity contribution is 7.99. The van der Waals surface area contributed by atoms with Crippen molar-refractivity contribution in [2.75, 3.05) is 7.11 Å². The number of thioether (sulfide) groups is 1. The number of aromatic nitrogens is 3. The van der Waals surface area contributed by atoms with Gasteiger partial charge < -0.3 is 9.15 Å². The number of carbonyl (C=O) groups is 1. The number of ether oxygens (including phenoxy) is 1. The summed E-state index contributed by atoms with van der Waals surface area (Å²) < 4.78 is 11.8. The molecule has 0 aliphatic carbocycles. The number of H-pyrrole nitrogens is 1. The lowest BCUT2D eigenvalue weighted by Crippen LogP contribution is -2.19. The van der Waals surface area contributed by atoms with Crippen molar-refractivity contribution in [3.05, 3.63) is 70.0 Å². The third kappa shape index (κ3) is 4.08. The van der Waals surface area contributed by atoms with E-state index in [9.17, 15) is 9.59 Å². The van der Waals surface area contributed by atoms with Gasteiger partial charge in [0.1, 0.15) is 5.76 Å². The Morgan fingerprint density at radius 3 is 2.81 bits per heavy atom. The van der Waals surface area contributed by atoms with Gasteiger partial charge in [-0.05, 0) is 31.0 Å². The standard InChI is InChI=1S/C18H19N3O4S/c1-12(14-8-9-15(25-14)16(22)24-2)26-18-20-19-17(23)21(18)11-10-13-6-4-3-5-7-13/h3-9,12H,10-11H2,1-2H3,(H,19,23). The topological polar surface area (TPSA) is 90.1 Å². The summed E-state index contributed by atoms with van der Waals surface area (Å²) in [5.41, 5.74) is 0.906. The number of benzene rings is 1. The van der Waals surface area contributed by atoms with E-state index in [-0.39, 0.29) is 16.7 Å². The van der Waals surface area contributed by atoms with Crippen molar-refractivity contribution in [3.8, 4) is 0 Å². The predicted octanol–water partition coefficient (Wildman–Crippen LogP) is 3.05. The maximum Gasteiger partial charge on any atom is 0.373 e. The van der Waals surface area contributed by atoms with Crippen LogP contribution in [0.4, 0.5) is 0 Å². The van der Waals surface area contributed by atoms with Crippen LogP contribution in [0.2, 0.25) is 0 Å². The van der Waals surface area contributed by atoms with E-state index in [1.165, 1.54) is 18.9 Å². The lowest BCUT2D eigenvalue weighted by molar-refractivity contribution is 0.0563. The van der Waals surface area contributed by atoms with Crippen LogP contribution >= 0.6 is 11.8 Å². The summed E-state index contributed by atoms with van der Waals surface area (Å²) in [5, 5.41) is 7.05. The van der Waals surface area contributed by atoms with Crippen LogP contribution in [0, 0.1) is 0 Å². The molecule has 3 aromatic rings. The van der Waals surface area contributed by atoms with Crippen LogP contribution in [0.5, 0.6) is 0 Å². The number of methoxy groups -OCH3 is 1. The Kier molecular flexibility index (Phi) is 5.62. The Bertz CT molecular complexity index is 929. The second kappa shape index (κ2) is 8.09. The first-order valence-corrected chi connectivity index (χ1v) is 9.00. The van der Waals surface area contributed by atoms with Crippen LogP contribution in [0.25, 0.3) is 0 Å². The second-order valence-corrected chi connectivity index (χ2v) is 6.96. The third-order valence-electron chi connectivity index (χ3n) is 3.89. The number of nitrogens with one attached hydrogen (secondary N) is 1. The molecule has 0 radical (unpaired) electrons. The van der Waals surface area contributed by atoms with E-state index in [4.69, 9.17) is 4.42 Å². The molecule has 0 aliphatic rings. The minimum Gasteiger partial charge on any atom is -0.463 e. The molecule has 2 heterocycles. The molecule has 26 heavy (non-hydrogen) atoms. The summed E-state index contributed by atoms with van der Waals surface area (Å²) in [4.78, 5) is 23.6. The van der Waals surface area contributed by atoms with Gasteiger partial charge in [0.15, 0.2) is 5.16 Å². The van der Waals surface area contributed by atoms with E-state index >= 15 is 0 Å². The fraction of sp³-hybridized carbons (Fsp3) is 0.278. The third-order valence-corrected chi connectivity index (χ3v) is 4.99. The van der Waals surface area contributed by atoms with Gasteiger partial charge in [0, 0.05) is 6.54 Å². The van der Waals surface area contributed by atoms with Crippen LogP contribution < -0.4 is 5.69 Å². The number of esters is 1. The van der Waals surface area contributed by atoms with Crippen LogP contribution in [0.3, 0.4) is 0 Å². The monoisotopic (exact) mass is 373 g/mol. The molecular weight excluding hydrogens is 354 g/mol. The van der Waals surface area contributed by atoms with Gasteiger partial charge in [0.2, 0.25) is 5.76 Å². The number of hydrogen-bond donors (Lipinski definition) is 1. The Balaban J connectivity index is 1.71. The van der Waals surface area contributed by atoms with Gasteiger partial charge in [-0.1, -0.05) is 42.1 Å². The van der Waals surface area contributed by atoms with Crippen molar-refractivity contribution in [2.45, 2.75) is 30.3 Å². The minimum atomic E-state index is -0.520. The first-order valence-electron chi connectivity index (χ1n) is 8.12. The number of aromatic amines is 1. The van der Waals surface area contributed by atoms with Gasteiger partial charge >= 0.3 is 11.7 Å². The van der Waals surface area contributed by atoms with Crippen LogP contribution in [0.15, 0.2) is 56.8 Å². The summed E-state index contributed by atoms with van der Waals surface area (Å²) in [6, 6.07) is 13.3. The van der Waals surface area contributed by atoms with Crippen molar-refractivity contribution in [1.29, 1.82) is 0 Å². The number of aryl methyl sites for hydroxylation is 1. The maximum atomic E-state index is 12.1. The molecule has 0 aliphatic heterocycles. The van der Waals surface area contributed by atoms with Gasteiger partial charge in [0.25, 0.3) is 0 Å². The highest BCUT2D eigenvalue weighted by Gasteiger charge is 2.19. The van der Waals surface area contributed by atoms with Gasteiger partial charge in [-0.25, -0.2) is 14.7 Å². The minimum absolute atomic E-state index is 0.126. The SMILES string of the molecule is COC(=O)c1ccc(C(C)Sc2n[nH]c(=O)n2CCc2ccccc2)o1. The predicted molar refractivity (Wildman–Crippen MR) is 97.3 cm³/mol. The van der Waals surface area contributed by atoms with E-state index in [1.54, 1.807) is 16.7 Å². The smallest absolute Gasteiger partial charge is 0.373 e. The first kappa shape index (κ1) is 18.1. The highest BCUT2D eigenvalue weighted by Crippen LogP contribution is 2.34. The summed E-state index contributed by atoms with van der Waals surface area (Å²) in [6.45, 7) is 2.45. The molecule has 0 spiro atoms. The van der Waals surface area contributed by atoms with Crippen LogP contribution in [0.1, 0.15) is 34.1 Å². The first-order chi connectivity index (χ1) is 12.6. The zero-order valence-corrected chi connectivity index (χ0v) is 15.3. The number of furan rings is 1. The van der Waals surface area contributed by atoms with Crippen molar-refractivity contribution in [3.63, 3.8) is 0 Å². The maximum absolute atomic E-state index is 12.1. The van der Waals surface area contributed by atoms with E-state index in [0.717, 1.165) is 12.0 Å². The molecule has 136 valence electrons. The van der Waals surface area contributed by atoms with Crippen LogP contribution in [-0.2, 0) is 17.7 Å². The number of hydrogen-bond acceptors (Lipinski definition) is 6. The molecule has 0 saturated heterocycles. The van der Waals surface area contributed by atoms with Gasteiger partial charge in [0.05, 0.1) is 12.4 Å². The molecule has 0 bridgehead atoms. The number of carbonyl (C=O) groups excluding carboxylic acids is 1. The molecule has 8 heteroatoms. The quantitative estimate of drug-likeness (QED) is 0.506. The largest absolute Gasteiger partial charge is 0.463 e. The van der Waals surface area contributed by atoms with Crippen molar-refractivity contribution >= 4 is 17.7 Å². The molecular formula is C18H19N3O4S. The van der Waals surface area contributed by atoms with Crippen LogP contribution in [-0.4, -0.2) is 27.8 Å².